The van der Waals surface area contributed by atoms with Gasteiger partial charge in [0.2, 0.25) is 0 Å². The molecule has 0 amide bonds. The van der Waals surface area contributed by atoms with Crippen LogP contribution in [-0.2, 0) is 11.8 Å². The van der Waals surface area contributed by atoms with E-state index in [4.69, 9.17) is 5.21 Å². The van der Waals surface area contributed by atoms with Crippen molar-refractivity contribution in [3.05, 3.63) is 65.0 Å². The summed E-state index contributed by atoms with van der Waals surface area (Å²) in [5, 5.41) is 12.1. The number of nitrogens with zero attached hydrogens (tertiary/aromatic N) is 3. The highest BCUT2D eigenvalue weighted by molar-refractivity contribution is 5.82. The molecule has 1 fully saturated rings. The number of hydrogen-bond acceptors (Lipinski definition) is 4. The van der Waals surface area contributed by atoms with E-state index in [-0.39, 0.29) is 11.2 Å². The SMILES string of the molecule is CC1(C)CN(C2CCN(CCc3ccc(F)cc3)CC2)c2cc(/C=N\O)ccc21. The van der Waals surface area contributed by atoms with E-state index in [0.717, 1.165) is 51.0 Å². The van der Waals surface area contributed by atoms with Gasteiger partial charge in [-0.05, 0) is 54.2 Å². The van der Waals surface area contributed by atoms with E-state index < -0.39 is 0 Å². The Morgan fingerprint density at radius 2 is 1.86 bits per heavy atom. The first-order valence-electron chi connectivity index (χ1n) is 10.5. The Hall–Kier alpha value is -2.40. The van der Waals surface area contributed by atoms with Crippen molar-refractivity contribution in [1.82, 2.24) is 4.90 Å². The number of benzene rings is 2. The summed E-state index contributed by atoms with van der Waals surface area (Å²) in [6.07, 6.45) is 4.77. The molecule has 0 spiro atoms. The molecule has 2 aromatic rings. The van der Waals surface area contributed by atoms with Gasteiger partial charge in [0.05, 0.1) is 6.21 Å². The zero-order chi connectivity index (χ0) is 20.4. The Morgan fingerprint density at radius 3 is 2.55 bits per heavy atom. The molecule has 1 N–H and O–H groups in total. The third kappa shape index (κ3) is 4.30. The van der Waals surface area contributed by atoms with Gasteiger partial charge in [0.1, 0.15) is 5.82 Å². The second kappa shape index (κ2) is 8.15. The minimum Gasteiger partial charge on any atom is -0.411 e. The van der Waals surface area contributed by atoms with Crippen molar-refractivity contribution >= 4 is 11.9 Å². The lowest BCUT2D eigenvalue weighted by Crippen LogP contribution is -2.46. The molecule has 2 aromatic carbocycles. The largest absolute Gasteiger partial charge is 0.411 e. The predicted octanol–water partition coefficient (Wildman–Crippen LogP) is 4.44. The van der Waals surface area contributed by atoms with Crippen molar-refractivity contribution < 1.29 is 9.60 Å². The number of rotatable bonds is 5. The lowest BCUT2D eigenvalue weighted by Gasteiger charge is -2.38. The molecule has 0 saturated carbocycles. The van der Waals surface area contributed by atoms with Crippen LogP contribution in [0.2, 0.25) is 0 Å². The smallest absolute Gasteiger partial charge is 0.123 e. The van der Waals surface area contributed by atoms with Crippen LogP contribution in [0.5, 0.6) is 0 Å². The molecule has 0 aromatic heterocycles. The van der Waals surface area contributed by atoms with Gasteiger partial charge in [-0.15, -0.1) is 0 Å². The Bertz CT molecular complexity index is 870. The van der Waals surface area contributed by atoms with E-state index in [9.17, 15) is 4.39 Å². The Morgan fingerprint density at radius 1 is 1.14 bits per heavy atom. The third-order valence-corrected chi connectivity index (χ3v) is 6.46. The van der Waals surface area contributed by atoms with Crippen molar-refractivity contribution in [3.63, 3.8) is 0 Å². The molecule has 2 aliphatic rings. The van der Waals surface area contributed by atoms with Crippen LogP contribution >= 0.6 is 0 Å². The van der Waals surface area contributed by atoms with Gasteiger partial charge in [0.25, 0.3) is 0 Å². The first kappa shape index (κ1) is 19.9. The maximum Gasteiger partial charge on any atom is 0.123 e. The van der Waals surface area contributed by atoms with E-state index in [1.165, 1.54) is 23.0 Å². The summed E-state index contributed by atoms with van der Waals surface area (Å²) in [5.41, 5.74) is 4.93. The summed E-state index contributed by atoms with van der Waals surface area (Å²) in [7, 11) is 0. The van der Waals surface area contributed by atoms with E-state index in [2.05, 4.69) is 40.9 Å². The summed E-state index contributed by atoms with van der Waals surface area (Å²) in [4.78, 5) is 5.10. The molecular weight excluding hydrogens is 365 g/mol. The van der Waals surface area contributed by atoms with Gasteiger partial charge < -0.3 is 15.0 Å². The van der Waals surface area contributed by atoms with E-state index in [0.29, 0.717) is 6.04 Å². The van der Waals surface area contributed by atoms with Crippen LogP contribution < -0.4 is 4.90 Å². The van der Waals surface area contributed by atoms with Crippen molar-refractivity contribution in [2.45, 2.75) is 44.6 Å². The molecule has 4 rings (SSSR count). The van der Waals surface area contributed by atoms with Gasteiger partial charge in [0, 0.05) is 43.3 Å². The second-order valence-corrected chi connectivity index (χ2v) is 8.98. The predicted molar refractivity (Wildman–Crippen MR) is 116 cm³/mol. The number of piperidine rings is 1. The van der Waals surface area contributed by atoms with Crippen molar-refractivity contribution in [2.75, 3.05) is 31.1 Å². The molecule has 5 heteroatoms. The molecular formula is C24H30FN3O. The number of anilines is 1. The van der Waals surface area contributed by atoms with E-state index >= 15 is 0 Å². The number of hydrogen-bond donors (Lipinski definition) is 1. The molecule has 1 saturated heterocycles. The molecule has 0 unspecified atom stereocenters. The van der Waals surface area contributed by atoms with Crippen LogP contribution in [-0.4, -0.2) is 48.5 Å². The van der Waals surface area contributed by atoms with Crippen molar-refractivity contribution in [1.29, 1.82) is 0 Å². The third-order valence-electron chi connectivity index (χ3n) is 6.46. The molecule has 154 valence electrons. The van der Waals surface area contributed by atoms with E-state index in [1.807, 2.05) is 18.2 Å². The van der Waals surface area contributed by atoms with Crippen molar-refractivity contribution in [3.8, 4) is 0 Å². The highest BCUT2D eigenvalue weighted by Gasteiger charge is 2.38. The highest BCUT2D eigenvalue weighted by atomic mass is 19.1. The van der Waals surface area contributed by atoms with Gasteiger partial charge in [0.15, 0.2) is 0 Å². The number of fused-ring (bicyclic) bond motifs is 1. The molecule has 2 heterocycles. The van der Waals surface area contributed by atoms with E-state index in [1.54, 1.807) is 12.1 Å². The molecule has 0 atom stereocenters. The average molecular weight is 396 g/mol. The minimum absolute atomic E-state index is 0.129. The van der Waals surface area contributed by atoms with Crippen LogP contribution in [0.1, 0.15) is 43.4 Å². The monoisotopic (exact) mass is 395 g/mol. The van der Waals surface area contributed by atoms with Gasteiger partial charge in [-0.1, -0.05) is 43.3 Å². The lowest BCUT2D eigenvalue weighted by molar-refractivity contribution is 0.210. The lowest BCUT2D eigenvalue weighted by atomic mass is 9.86. The minimum atomic E-state index is -0.170. The van der Waals surface area contributed by atoms with Crippen molar-refractivity contribution in [2.24, 2.45) is 5.16 Å². The number of likely N-dealkylation sites (tertiary alicyclic amines) is 1. The fourth-order valence-electron chi connectivity index (χ4n) is 4.82. The zero-order valence-electron chi connectivity index (χ0n) is 17.3. The molecule has 2 aliphatic heterocycles. The van der Waals surface area contributed by atoms with Crippen LogP contribution in [0.4, 0.5) is 10.1 Å². The molecule has 0 radical (unpaired) electrons. The second-order valence-electron chi connectivity index (χ2n) is 8.98. The van der Waals surface area contributed by atoms with Crippen LogP contribution in [0.25, 0.3) is 0 Å². The quantitative estimate of drug-likeness (QED) is 0.462. The average Bonchev–Trinajstić information content (AvgIpc) is 2.99. The summed E-state index contributed by atoms with van der Waals surface area (Å²) in [5.74, 6) is -0.170. The molecule has 0 aliphatic carbocycles. The molecule has 0 bridgehead atoms. The summed E-state index contributed by atoms with van der Waals surface area (Å²) >= 11 is 0. The maximum atomic E-state index is 13.1. The fraction of sp³-hybridized carbons (Fsp3) is 0.458. The van der Waals surface area contributed by atoms with Gasteiger partial charge in [-0.2, -0.15) is 0 Å². The van der Waals surface area contributed by atoms with Gasteiger partial charge in [-0.3, -0.25) is 0 Å². The standard InChI is InChI=1S/C24H30FN3O/c1-24(2)17-28(23-15-19(16-26-29)5-8-22(23)24)21-10-13-27(14-11-21)12-9-18-3-6-20(25)7-4-18/h3-8,15-16,21,29H,9-14,17H2,1-2H3/b26-16-. The van der Waals surface area contributed by atoms with Gasteiger partial charge >= 0.3 is 0 Å². The molecule has 29 heavy (non-hydrogen) atoms. The fourth-order valence-corrected chi connectivity index (χ4v) is 4.82. The van der Waals surface area contributed by atoms with Crippen LogP contribution in [0.3, 0.4) is 0 Å². The molecule has 4 nitrogen and oxygen atoms in total. The zero-order valence-corrected chi connectivity index (χ0v) is 17.3. The summed E-state index contributed by atoms with van der Waals surface area (Å²) < 4.78 is 13.1. The summed E-state index contributed by atoms with van der Waals surface area (Å²) in [6, 6.07) is 13.8. The highest BCUT2D eigenvalue weighted by Crippen LogP contribution is 2.43. The number of halogens is 1. The van der Waals surface area contributed by atoms with Crippen LogP contribution in [0, 0.1) is 5.82 Å². The topological polar surface area (TPSA) is 39.1 Å². The first-order valence-corrected chi connectivity index (χ1v) is 10.5. The van der Waals surface area contributed by atoms with Gasteiger partial charge in [-0.25, -0.2) is 4.39 Å². The Kier molecular flexibility index (Phi) is 5.59. The number of oxime groups is 1. The first-order chi connectivity index (χ1) is 14.0. The Labute approximate surface area is 172 Å². The van der Waals surface area contributed by atoms with Crippen LogP contribution in [0.15, 0.2) is 47.6 Å². The maximum absolute atomic E-state index is 13.1. The normalized spacial score (nSPS) is 19.8. The Balaban J connectivity index is 1.39. The summed E-state index contributed by atoms with van der Waals surface area (Å²) in [6.45, 7) is 8.86.